The first-order valence-electron chi connectivity index (χ1n) is 5.37. The van der Waals surface area contributed by atoms with Gasteiger partial charge in [0.25, 0.3) is 0 Å². The van der Waals surface area contributed by atoms with Crippen LogP contribution in [0.5, 0.6) is 0 Å². The Morgan fingerprint density at radius 3 is 2.36 bits per heavy atom. The van der Waals surface area contributed by atoms with Crippen LogP contribution in [0.3, 0.4) is 0 Å². The van der Waals surface area contributed by atoms with Gasteiger partial charge < -0.3 is 5.73 Å². The number of aromatic nitrogens is 2. The topological polar surface area (TPSA) is 43.8 Å². The van der Waals surface area contributed by atoms with E-state index in [1.165, 1.54) is 24.1 Å². The van der Waals surface area contributed by atoms with Gasteiger partial charge in [0.1, 0.15) is 0 Å². The van der Waals surface area contributed by atoms with E-state index >= 15 is 0 Å². The fourth-order valence-electron chi connectivity index (χ4n) is 1.59. The van der Waals surface area contributed by atoms with Crippen molar-refractivity contribution >= 4 is 0 Å². The zero-order valence-electron chi connectivity index (χ0n) is 9.51. The largest absolute Gasteiger partial charge is 0.330 e. The number of nitrogens with zero attached hydrogens (tertiary/aromatic N) is 2. The van der Waals surface area contributed by atoms with Crippen molar-refractivity contribution < 1.29 is 0 Å². The molecule has 1 aromatic rings. The summed E-state index contributed by atoms with van der Waals surface area (Å²) in [4.78, 5) is 0. The minimum absolute atomic E-state index is 0.802. The monoisotopic (exact) mass is 195 g/mol. The number of nitrogens with two attached hydrogens (primary N) is 1. The van der Waals surface area contributed by atoms with Crippen molar-refractivity contribution in [3.63, 3.8) is 0 Å². The van der Waals surface area contributed by atoms with Crippen LogP contribution >= 0.6 is 0 Å². The van der Waals surface area contributed by atoms with Crippen LogP contribution < -0.4 is 5.73 Å². The van der Waals surface area contributed by atoms with Crippen molar-refractivity contribution in [3.05, 3.63) is 17.0 Å². The molecular weight excluding hydrogens is 174 g/mol. The standard InChI is InChI=1S/C11H21N3/c1-9-10(2)13-14(11(9)3)8-6-4-5-7-12/h4-8,12H2,1-3H3. The Labute approximate surface area is 86.3 Å². The third-order valence-electron chi connectivity index (χ3n) is 2.82. The van der Waals surface area contributed by atoms with E-state index in [0.29, 0.717) is 0 Å². The molecule has 80 valence electrons. The van der Waals surface area contributed by atoms with Gasteiger partial charge in [0.2, 0.25) is 0 Å². The second-order valence-electron chi connectivity index (χ2n) is 3.87. The molecule has 0 saturated heterocycles. The molecule has 2 N–H and O–H groups in total. The molecule has 0 aliphatic carbocycles. The van der Waals surface area contributed by atoms with Gasteiger partial charge in [-0.05, 0) is 45.7 Å². The molecule has 0 bridgehead atoms. The van der Waals surface area contributed by atoms with E-state index in [4.69, 9.17) is 5.73 Å². The van der Waals surface area contributed by atoms with E-state index in [1.54, 1.807) is 0 Å². The van der Waals surface area contributed by atoms with Crippen molar-refractivity contribution in [2.24, 2.45) is 5.73 Å². The molecule has 0 aliphatic rings. The molecule has 3 heteroatoms. The molecule has 14 heavy (non-hydrogen) atoms. The number of unbranched alkanes of at least 4 members (excludes halogenated alkanes) is 2. The molecule has 0 saturated carbocycles. The van der Waals surface area contributed by atoms with Crippen molar-refractivity contribution in [1.82, 2.24) is 9.78 Å². The zero-order chi connectivity index (χ0) is 10.6. The lowest BCUT2D eigenvalue weighted by atomic mass is 10.2. The van der Waals surface area contributed by atoms with E-state index < -0.39 is 0 Å². The van der Waals surface area contributed by atoms with Crippen molar-refractivity contribution in [3.8, 4) is 0 Å². The Balaban J connectivity index is 2.47. The predicted molar refractivity (Wildman–Crippen MR) is 59.3 cm³/mol. The Bertz CT molecular complexity index is 289. The Morgan fingerprint density at radius 1 is 1.14 bits per heavy atom. The average Bonchev–Trinajstić information content (AvgIpc) is 2.41. The molecule has 0 fully saturated rings. The highest BCUT2D eigenvalue weighted by molar-refractivity contribution is 5.21. The fourth-order valence-corrected chi connectivity index (χ4v) is 1.59. The molecular formula is C11H21N3. The highest BCUT2D eigenvalue weighted by Crippen LogP contribution is 2.11. The minimum atomic E-state index is 0.802. The number of hydrogen-bond donors (Lipinski definition) is 1. The molecule has 3 nitrogen and oxygen atoms in total. The first-order valence-corrected chi connectivity index (χ1v) is 5.37. The maximum Gasteiger partial charge on any atom is 0.0625 e. The van der Waals surface area contributed by atoms with Crippen LogP contribution in [0.2, 0.25) is 0 Å². The summed E-state index contributed by atoms with van der Waals surface area (Å²) in [7, 11) is 0. The summed E-state index contributed by atoms with van der Waals surface area (Å²) in [6.07, 6.45) is 3.50. The summed E-state index contributed by atoms with van der Waals surface area (Å²) in [6.45, 7) is 8.17. The van der Waals surface area contributed by atoms with Crippen LogP contribution in [0.15, 0.2) is 0 Å². The summed E-state index contributed by atoms with van der Waals surface area (Å²) >= 11 is 0. The third kappa shape index (κ3) is 2.58. The van der Waals surface area contributed by atoms with Crippen molar-refractivity contribution in [1.29, 1.82) is 0 Å². The summed E-state index contributed by atoms with van der Waals surface area (Å²) < 4.78 is 2.11. The predicted octanol–water partition coefficient (Wildman–Crippen LogP) is 1.94. The van der Waals surface area contributed by atoms with Crippen molar-refractivity contribution in [2.45, 2.75) is 46.6 Å². The molecule has 1 rings (SSSR count). The van der Waals surface area contributed by atoms with Crippen molar-refractivity contribution in [2.75, 3.05) is 6.54 Å². The fraction of sp³-hybridized carbons (Fsp3) is 0.727. The molecule has 1 heterocycles. The molecule has 1 aromatic heterocycles. The van der Waals surface area contributed by atoms with Gasteiger partial charge in [-0.1, -0.05) is 6.42 Å². The lowest BCUT2D eigenvalue weighted by molar-refractivity contribution is 0.534. The lowest BCUT2D eigenvalue weighted by Gasteiger charge is -2.03. The van der Waals surface area contributed by atoms with Crippen LogP contribution in [-0.4, -0.2) is 16.3 Å². The van der Waals surface area contributed by atoms with Gasteiger partial charge in [0, 0.05) is 12.2 Å². The number of rotatable bonds is 5. The summed E-state index contributed by atoms with van der Waals surface area (Å²) in [5.41, 5.74) is 9.22. The summed E-state index contributed by atoms with van der Waals surface area (Å²) in [5.74, 6) is 0. The normalized spacial score (nSPS) is 10.9. The molecule has 0 aromatic carbocycles. The number of aryl methyl sites for hydroxylation is 2. The van der Waals surface area contributed by atoms with E-state index in [9.17, 15) is 0 Å². The van der Waals surface area contributed by atoms with E-state index in [2.05, 4.69) is 30.6 Å². The zero-order valence-corrected chi connectivity index (χ0v) is 9.51. The molecule has 0 unspecified atom stereocenters. The first-order chi connectivity index (χ1) is 6.66. The highest BCUT2D eigenvalue weighted by Gasteiger charge is 2.05. The van der Waals surface area contributed by atoms with Gasteiger partial charge >= 0.3 is 0 Å². The summed E-state index contributed by atoms with van der Waals surface area (Å²) in [6, 6.07) is 0. The molecule has 0 amide bonds. The van der Waals surface area contributed by atoms with Crippen LogP contribution in [0.25, 0.3) is 0 Å². The van der Waals surface area contributed by atoms with Gasteiger partial charge in [0.05, 0.1) is 5.69 Å². The van der Waals surface area contributed by atoms with E-state index in [0.717, 1.165) is 25.2 Å². The van der Waals surface area contributed by atoms with Crippen LogP contribution in [-0.2, 0) is 6.54 Å². The lowest BCUT2D eigenvalue weighted by Crippen LogP contribution is -2.04. The Morgan fingerprint density at radius 2 is 1.86 bits per heavy atom. The second-order valence-corrected chi connectivity index (χ2v) is 3.87. The minimum Gasteiger partial charge on any atom is -0.330 e. The maximum absolute atomic E-state index is 5.44. The SMILES string of the molecule is Cc1nn(CCCCCN)c(C)c1C. The average molecular weight is 195 g/mol. The highest BCUT2D eigenvalue weighted by atomic mass is 15.3. The Hall–Kier alpha value is -0.830. The number of hydrogen-bond acceptors (Lipinski definition) is 2. The smallest absolute Gasteiger partial charge is 0.0625 e. The molecule has 0 aliphatic heterocycles. The Kier molecular flexibility index (Phi) is 4.14. The van der Waals surface area contributed by atoms with Crippen LogP contribution in [0.4, 0.5) is 0 Å². The third-order valence-corrected chi connectivity index (χ3v) is 2.82. The first kappa shape index (κ1) is 11.2. The summed E-state index contributed by atoms with van der Waals surface area (Å²) in [5, 5.41) is 4.49. The molecule has 0 atom stereocenters. The van der Waals surface area contributed by atoms with Crippen LogP contribution in [0.1, 0.15) is 36.2 Å². The van der Waals surface area contributed by atoms with E-state index in [1.807, 2.05) is 0 Å². The van der Waals surface area contributed by atoms with Gasteiger partial charge in [-0.2, -0.15) is 5.10 Å². The molecule has 0 spiro atoms. The van der Waals surface area contributed by atoms with Gasteiger partial charge in [0.15, 0.2) is 0 Å². The quantitative estimate of drug-likeness (QED) is 0.730. The van der Waals surface area contributed by atoms with Gasteiger partial charge in [-0.3, -0.25) is 4.68 Å². The van der Waals surface area contributed by atoms with Gasteiger partial charge in [-0.15, -0.1) is 0 Å². The van der Waals surface area contributed by atoms with Gasteiger partial charge in [-0.25, -0.2) is 0 Å². The van der Waals surface area contributed by atoms with E-state index in [-0.39, 0.29) is 0 Å². The second kappa shape index (κ2) is 5.15. The van der Waals surface area contributed by atoms with Crippen LogP contribution in [0, 0.1) is 20.8 Å². The molecule has 0 radical (unpaired) electrons. The maximum atomic E-state index is 5.44.